The maximum absolute atomic E-state index is 5.71. The summed E-state index contributed by atoms with van der Waals surface area (Å²) in [4.78, 5) is 6.42. The van der Waals surface area contributed by atoms with E-state index in [1.54, 1.807) is 0 Å². The first-order chi connectivity index (χ1) is 7.15. The summed E-state index contributed by atoms with van der Waals surface area (Å²) in [6.45, 7) is 8.21. The summed E-state index contributed by atoms with van der Waals surface area (Å²) >= 11 is 0. The minimum atomic E-state index is 0.415. The van der Waals surface area contributed by atoms with Gasteiger partial charge in [0.2, 0.25) is 0 Å². The van der Waals surface area contributed by atoms with E-state index >= 15 is 0 Å². The van der Waals surface area contributed by atoms with Crippen LogP contribution in [0.1, 0.15) is 26.3 Å². The first-order valence-electron chi connectivity index (χ1n) is 5.50. The summed E-state index contributed by atoms with van der Waals surface area (Å²) in [6.07, 6.45) is 3.67. The number of nitrogens with two attached hydrogens (primary N) is 1. The Morgan fingerprint density at radius 2 is 1.87 bits per heavy atom. The van der Waals surface area contributed by atoms with Crippen molar-refractivity contribution >= 4 is 0 Å². The molecule has 0 aliphatic heterocycles. The van der Waals surface area contributed by atoms with Crippen LogP contribution in [0, 0.1) is 0 Å². The van der Waals surface area contributed by atoms with Crippen LogP contribution in [-0.2, 0) is 6.54 Å². The summed E-state index contributed by atoms with van der Waals surface area (Å²) in [5.41, 5.74) is 7.00. The molecule has 1 heterocycles. The second kappa shape index (κ2) is 5.83. The van der Waals surface area contributed by atoms with Crippen molar-refractivity contribution < 1.29 is 0 Å². The highest BCUT2D eigenvalue weighted by molar-refractivity contribution is 5.09. The SMILES string of the molecule is CC(C)N(Cc1ccncc1)C(C)CN. The standard InChI is InChI=1S/C12H21N3/c1-10(2)15(11(3)8-13)9-12-4-6-14-7-5-12/h4-7,10-11H,8-9,13H2,1-3H3. The lowest BCUT2D eigenvalue weighted by Crippen LogP contribution is -2.42. The molecule has 0 aliphatic rings. The van der Waals surface area contributed by atoms with Crippen LogP contribution in [0.4, 0.5) is 0 Å². The van der Waals surface area contributed by atoms with Crippen LogP contribution < -0.4 is 5.73 Å². The number of rotatable bonds is 5. The van der Waals surface area contributed by atoms with Gasteiger partial charge in [0.25, 0.3) is 0 Å². The molecule has 0 amide bonds. The second-order valence-electron chi connectivity index (χ2n) is 4.21. The Bertz CT molecular complexity index is 271. The van der Waals surface area contributed by atoms with Crippen LogP contribution in [0.25, 0.3) is 0 Å². The van der Waals surface area contributed by atoms with Crippen molar-refractivity contribution in [3.8, 4) is 0 Å². The Labute approximate surface area is 92.3 Å². The molecule has 84 valence electrons. The van der Waals surface area contributed by atoms with Gasteiger partial charge in [-0.1, -0.05) is 0 Å². The predicted molar refractivity (Wildman–Crippen MR) is 63.4 cm³/mol. The van der Waals surface area contributed by atoms with Gasteiger partial charge < -0.3 is 5.73 Å². The van der Waals surface area contributed by atoms with Crippen molar-refractivity contribution in [2.75, 3.05) is 6.54 Å². The van der Waals surface area contributed by atoms with E-state index in [0.717, 1.165) is 6.54 Å². The van der Waals surface area contributed by atoms with Gasteiger partial charge in [-0.05, 0) is 38.5 Å². The molecule has 0 bridgehead atoms. The monoisotopic (exact) mass is 207 g/mol. The number of hydrogen-bond acceptors (Lipinski definition) is 3. The van der Waals surface area contributed by atoms with E-state index in [1.807, 2.05) is 12.4 Å². The van der Waals surface area contributed by atoms with Crippen LogP contribution in [0.3, 0.4) is 0 Å². The van der Waals surface area contributed by atoms with E-state index in [-0.39, 0.29) is 0 Å². The molecule has 15 heavy (non-hydrogen) atoms. The lowest BCUT2D eigenvalue weighted by atomic mass is 10.1. The molecular formula is C12H21N3. The van der Waals surface area contributed by atoms with Crippen LogP contribution >= 0.6 is 0 Å². The van der Waals surface area contributed by atoms with Gasteiger partial charge in [0, 0.05) is 37.6 Å². The Morgan fingerprint density at radius 1 is 1.27 bits per heavy atom. The van der Waals surface area contributed by atoms with Crippen molar-refractivity contribution in [3.05, 3.63) is 30.1 Å². The van der Waals surface area contributed by atoms with E-state index in [2.05, 4.69) is 42.8 Å². The third kappa shape index (κ3) is 3.61. The highest BCUT2D eigenvalue weighted by atomic mass is 15.2. The van der Waals surface area contributed by atoms with Crippen molar-refractivity contribution in [2.45, 2.75) is 39.4 Å². The average molecular weight is 207 g/mol. The van der Waals surface area contributed by atoms with E-state index in [9.17, 15) is 0 Å². The van der Waals surface area contributed by atoms with Crippen molar-refractivity contribution in [1.29, 1.82) is 0 Å². The van der Waals surface area contributed by atoms with Crippen molar-refractivity contribution in [3.63, 3.8) is 0 Å². The zero-order valence-electron chi connectivity index (χ0n) is 9.85. The maximum atomic E-state index is 5.71. The van der Waals surface area contributed by atoms with Crippen LogP contribution in [-0.4, -0.2) is 28.5 Å². The maximum Gasteiger partial charge on any atom is 0.0271 e. The number of hydrogen-bond donors (Lipinski definition) is 1. The van der Waals surface area contributed by atoms with Gasteiger partial charge in [0.15, 0.2) is 0 Å². The van der Waals surface area contributed by atoms with Gasteiger partial charge in [0.05, 0.1) is 0 Å². The van der Waals surface area contributed by atoms with E-state index in [1.165, 1.54) is 5.56 Å². The Hall–Kier alpha value is -0.930. The van der Waals surface area contributed by atoms with Gasteiger partial charge in [-0.3, -0.25) is 9.88 Å². The van der Waals surface area contributed by atoms with Crippen molar-refractivity contribution in [2.24, 2.45) is 5.73 Å². The summed E-state index contributed by atoms with van der Waals surface area (Å²) < 4.78 is 0. The molecule has 0 saturated carbocycles. The molecule has 0 radical (unpaired) electrons. The molecule has 1 aromatic rings. The quantitative estimate of drug-likeness (QED) is 0.798. The van der Waals surface area contributed by atoms with Crippen molar-refractivity contribution in [1.82, 2.24) is 9.88 Å². The Kier molecular flexibility index (Phi) is 4.72. The topological polar surface area (TPSA) is 42.2 Å². The van der Waals surface area contributed by atoms with Gasteiger partial charge in [-0.2, -0.15) is 0 Å². The number of nitrogens with zero attached hydrogens (tertiary/aromatic N) is 2. The molecule has 0 aromatic carbocycles. The lowest BCUT2D eigenvalue weighted by molar-refractivity contribution is 0.159. The molecule has 1 rings (SSSR count). The van der Waals surface area contributed by atoms with E-state index in [0.29, 0.717) is 18.6 Å². The van der Waals surface area contributed by atoms with Crippen LogP contribution in [0.2, 0.25) is 0 Å². The van der Waals surface area contributed by atoms with Crippen LogP contribution in [0.15, 0.2) is 24.5 Å². The van der Waals surface area contributed by atoms with Crippen LogP contribution in [0.5, 0.6) is 0 Å². The fourth-order valence-electron chi connectivity index (χ4n) is 1.68. The number of pyridine rings is 1. The third-order valence-corrected chi connectivity index (χ3v) is 2.69. The summed E-state index contributed by atoms with van der Waals surface area (Å²) in [7, 11) is 0. The molecule has 0 aliphatic carbocycles. The smallest absolute Gasteiger partial charge is 0.0271 e. The van der Waals surface area contributed by atoms with Gasteiger partial charge >= 0.3 is 0 Å². The molecule has 0 fully saturated rings. The lowest BCUT2D eigenvalue weighted by Gasteiger charge is -2.32. The summed E-state index contributed by atoms with van der Waals surface area (Å²) in [6, 6.07) is 5.03. The predicted octanol–water partition coefficient (Wildman–Crippen LogP) is 1.64. The first kappa shape index (κ1) is 12.1. The second-order valence-corrected chi connectivity index (χ2v) is 4.21. The molecule has 0 spiro atoms. The van der Waals surface area contributed by atoms with E-state index in [4.69, 9.17) is 5.73 Å². The molecule has 1 atom stereocenters. The average Bonchev–Trinajstić information content (AvgIpc) is 2.26. The minimum absolute atomic E-state index is 0.415. The molecule has 3 heteroatoms. The molecule has 2 N–H and O–H groups in total. The normalized spacial score (nSPS) is 13.5. The molecule has 1 aromatic heterocycles. The van der Waals surface area contributed by atoms with Gasteiger partial charge in [0.1, 0.15) is 0 Å². The first-order valence-corrected chi connectivity index (χ1v) is 5.50. The molecule has 0 saturated heterocycles. The fourth-order valence-corrected chi connectivity index (χ4v) is 1.68. The van der Waals surface area contributed by atoms with Gasteiger partial charge in [-0.25, -0.2) is 0 Å². The summed E-state index contributed by atoms with van der Waals surface area (Å²) in [5.74, 6) is 0. The van der Waals surface area contributed by atoms with Gasteiger partial charge in [-0.15, -0.1) is 0 Å². The Morgan fingerprint density at radius 3 is 2.33 bits per heavy atom. The molecular weight excluding hydrogens is 186 g/mol. The zero-order valence-corrected chi connectivity index (χ0v) is 9.85. The number of aromatic nitrogens is 1. The van der Waals surface area contributed by atoms with E-state index < -0.39 is 0 Å². The third-order valence-electron chi connectivity index (χ3n) is 2.69. The summed E-state index contributed by atoms with van der Waals surface area (Å²) in [5, 5.41) is 0. The highest BCUT2D eigenvalue weighted by Gasteiger charge is 2.15. The zero-order chi connectivity index (χ0) is 11.3. The molecule has 3 nitrogen and oxygen atoms in total. The fraction of sp³-hybridized carbons (Fsp3) is 0.583. The minimum Gasteiger partial charge on any atom is -0.329 e. The largest absolute Gasteiger partial charge is 0.329 e. The molecule has 1 unspecified atom stereocenters. The highest BCUT2D eigenvalue weighted by Crippen LogP contribution is 2.10. The Balaban J connectivity index is 2.67.